The average molecular weight is 349 g/mol. The van der Waals surface area contributed by atoms with Gasteiger partial charge in [0.1, 0.15) is 11.4 Å². The second-order valence-electron chi connectivity index (χ2n) is 6.11. The maximum atomic E-state index is 13.2. The number of nitrogens with zero attached hydrogens (tertiary/aromatic N) is 2. The average Bonchev–Trinajstić information content (AvgIpc) is 2.92. The summed E-state index contributed by atoms with van der Waals surface area (Å²) in [5.74, 6) is -2.00. The van der Waals surface area contributed by atoms with Crippen LogP contribution in [0.25, 0.3) is 0 Å². The number of halogens is 1. The summed E-state index contributed by atoms with van der Waals surface area (Å²) in [6, 6.07) is 5.97. The number of anilines is 1. The number of ether oxygens (including phenoxy) is 1. The number of nitrogens with one attached hydrogen (secondary N) is 1. The van der Waals surface area contributed by atoms with Crippen LogP contribution in [-0.2, 0) is 19.1 Å². The number of benzene rings is 1. The van der Waals surface area contributed by atoms with Crippen LogP contribution in [0.1, 0.15) is 19.8 Å². The van der Waals surface area contributed by atoms with Crippen molar-refractivity contribution in [1.82, 2.24) is 10.2 Å². The van der Waals surface area contributed by atoms with E-state index in [2.05, 4.69) is 5.32 Å². The molecule has 0 atom stereocenters. The summed E-state index contributed by atoms with van der Waals surface area (Å²) in [7, 11) is 0. The minimum absolute atomic E-state index is 0.111. The maximum Gasteiger partial charge on any atom is 0.397 e. The molecule has 2 aliphatic rings. The Bertz CT molecular complexity index is 684. The molecule has 0 aliphatic carbocycles. The van der Waals surface area contributed by atoms with Crippen molar-refractivity contribution in [3.8, 4) is 0 Å². The molecule has 2 amide bonds. The van der Waals surface area contributed by atoms with E-state index in [4.69, 9.17) is 4.74 Å². The van der Waals surface area contributed by atoms with Gasteiger partial charge in [0.15, 0.2) is 0 Å². The zero-order valence-electron chi connectivity index (χ0n) is 14.0. The van der Waals surface area contributed by atoms with E-state index in [1.165, 1.54) is 17.0 Å². The van der Waals surface area contributed by atoms with Crippen LogP contribution < -0.4 is 10.2 Å². The minimum atomic E-state index is -0.871. The first-order valence-electron chi connectivity index (χ1n) is 8.25. The van der Waals surface area contributed by atoms with Gasteiger partial charge in [-0.2, -0.15) is 0 Å². The first-order valence-corrected chi connectivity index (χ1v) is 8.25. The predicted molar refractivity (Wildman–Crippen MR) is 87.1 cm³/mol. The largest absolute Gasteiger partial charge is 0.459 e. The molecule has 2 aliphatic heterocycles. The van der Waals surface area contributed by atoms with Gasteiger partial charge in [-0.3, -0.25) is 9.59 Å². The Kier molecular flexibility index (Phi) is 4.61. The number of hydrogen-bond acceptors (Lipinski definition) is 5. The molecule has 7 nitrogen and oxygen atoms in total. The van der Waals surface area contributed by atoms with Crippen molar-refractivity contribution >= 4 is 23.5 Å². The van der Waals surface area contributed by atoms with Crippen molar-refractivity contribution in [1.29, 1.82) is 0 Å². The van der Waals surface area contributed by atoms with Gasteiger partial charge < -0.3 is 19.9 Å². The van der Waals surface area contributed by atoms with Crippen LogP contribution in [0.2, 0.25) is 0 Å². The first-order chi connectivity index (χ1) is 12.0. The number of hydrogen-bond donors (Lipinski definition) is 1. The lowest BCUT2D eigenvalue weighted by atomic mass is 9.85. The fourth-order valence-electron chi connectivity index (χ4n) is 3.45. The third-order valence-corrected chi connectivity index (χ3v) is 4.80. The molecule has 0 radical (unpaired) electrons. The Morgan fingerprint density at radius 2 is 1.88 bits per heavy atom. The van der Waals surface area contributed by atoms with Gasteiger partial charge in [0.2, 0.25) is 5.91 Å². The van der Waals surface area contributed by atoms with E-state index >= 15 is 0 Å². The van der Waals surface area contributed by atoms with E-state index in [0.717, 1.165) is 5.69 Å². The Morgan fingerprint density at radius 3 is 2.48 bits per heavy atom. The van der Waals surface area contributed by atoms with Crippen molar-refractivity contribution < 1.29 is 23.5 Å². The number of esters is 1. The first kappa shape index (κ1) is 17.2. The number of carbonyl (C=O) groups excluding carboxylic acids is 3. The second-order valence-corrected chi connectivity index (χ2v) is 6.11. The zero-order valence-corrected chi connectivity index (χ0v) is 14.0. The molecule has 134 valence electrons. The third-order valence-electron chi connectivity index (χ3n) is 4.80. The molecule has 1 aromatic rings. The topological polar surface area (TPSA) is 79.0 Å². The highest BCUT2D eigenvalue weighted by molar-refractivity contribution is 6.32. The molecule has 0 saturated carbocycles. The molecule has 0 unspecified atom stereocenters. The molecule has 2 fully saturated rings. The highest BCUT2D eigenvalue weighted by Gasteiger charge is 2.51. The fraction of sp³-hybridized carbons (Fsp3) is 0.471. The van der Waals surface area contributed by atoms with Gasteiger partial charge in [0.25, 0.3) is 0 Å². The van der Waals surface area contributed by atoms with Crippen LogP contribution in [0.15, 0.2) is 24.3 Å². The van der Waals surface area contributed by atoms with Crippen LogP contribution in [-0.4, -0.2) is 54.6 Å². The van der Waals surface area contributed by atoms with Gasteiger partial charge in [0, 0.05) is 18.8 Å². The summed E-state index contributed by atoms with van der Waals surface area (Å²) in [4.78, 5) is 39.5. The molecule has 2 saturated heterocycles. The highest BCUT2D eigenvalue weighted by Crippen LogP contribution is 2.36. The molecule has 8 heteroatoms. The SMILES string of the molecule is CCOC(=O)C(=O)N1CCC2(CC1)C(=O)NCN2c1ccc(F)cc1. The quantitative estimate of drug-likeness (QED) is 0.626. The fourth-order valence-corrected chi connectivity index (χ4v) is 3.45. The third kappa shape index (κ3) is 3.04. The molecular formula is C17H20FN3O4. The zero-order chi connectivity index (χ0) is 18.0. The Labute approximate surface area is 144 Å². The molecule has 3 rings (SSSR count). The number of rotatable bonds is 2. The molecule has 1 spiro atoms. The Hall–Kier alpha value is -2.64. The molecular weight excluding hydrogens is 329 g/mol. The van der Waals surface area contributed by atoms with Gasteiger partial charge in [-0.1, -0.05) is 0 Å². The maximum absolute atomic E-state index is 13.2. The monoisotopic (exact) mass is 349 g/mol. The summed E-state index contributed by atoms with van der Waals surface area (Å²) in [5, 5.41) is 2.83. The summed E-state index contributed by atoms with van der Waals surface area (Å²) >= 11 is 0. The van der Waals surface area contributed by atoms with E-state index < -0.39 is 17.4 Å². The van der Waals surface area contributed by atoms with E-state index in [0.29, 0.717) is 19.5 Å². The van der Waals surface area contributed by atoms with Crippen molar-refractivity contribution in [3.63, 3.8) is 0 Å². The summed E-state index contributed by atoms with van der Waals surface area (Å²) < 4.78 is 17.9. The molecule has 0 bridgehead atoms. The molecule has 1 N–H and O–H groups in total. The van der Waals surface area contributed by atoms with Gasteiger partial charge in [-0.05, 0) is 44.0 Å². The van der Waals surface area contributed by atoms with Crippen molar-refractivity contribution in [2.75, 3.05) is 31.3 Å². The van der Waals surface area contributed by atoms with Crippen molar-refractivity contribution in [2.24, 2.45) is 0 Å². The predicted octanol–water partition coefficient (Wildman–Crippen LogP) is 0.644. The van der Waals surface area contributed by atoms with E-state index in [-0.39, 0.29) is 31.4 Å². The smallest absolute Gasteiger partial charge is 0.397 e. The summed E-state index contributed by atoms with van der Waals surface area (Å²) in [6.07, 6.45) is 0.780. The van der Waals surface area contributed by atoms with Crippen LogP contribution in [0, 0.1) is 5.82 Å². The number of piperidine rings is 1. The highest BCUT2D eigenvalue weighted by atomic mass is 19.1. The van der Waals surface area contributed by atoms with Gasteiger partial charge in [0.05, 0.1) is 13.3 Å². The normalized spacial score (nSPS) is 19.0. The number of likely N-dealkylation sites (tertiary alicyclic amines) is 1. The van der Waals surface area contributed by atoms with E-state index in [9.17, 15) is 18.8 Å². The van der Waals surface area contributed by atoms with Crippen molar-refractivity contribution in [2.45, 2.75) is 25.3 Å². The van der Waals surface area contributed by atoms with Crippen LogP contribution in [0.4, 0.5) is 10.1 Å². The van der Waals surface area contributed by atoms with E-state index in [1.54, 1.807) is 19.1 Å². The molecule has 1 aromatic carbocycles. The van der Waals surface area contributed by atoms with Gasteiger partial charge in [-0.25, -0.2) is 9.18 Å². The lowest BCUT2D eigenvalue weighted by molar-refractivity contribution is -0.160. The molecule has 2 heterocycles. The Balaban J connectivity index is 1.75. The van der Waals surface area contributed by atoms with Gasteiger partial charge in [-0.15, -0.1) is 0 Å². The summed E-state index contributed by atoms with van der Waals surface area (Å²) in [5.41, 5.74) is -0.0478. The van der Waals surface area contributed by atoms with Crippen LogP contribution >= 0.6 is 0 Å². The minimum Gasteiger partial charge on any atom is -0.459 e. The molecule has 25 heavy (non-hydrogen) atoms. The molecule has 0 aromatic heterocycles. The van der Waals surface area contributed by atoms with E-state index in [1.807, 2.05) is 4.90 Å². The van der Waals surface area contributed by atoms with Crippen LogP contribution in [0.5, 0.6) is 0 Å². The van der Waals surface area contributed by atoms with Gasteiger partial charge >= 0.3 is 11.9 Å². The lowest BCUT2D eigenvalue weighted by Crippen LogP contribution is -2.58. The summed E-state index contributed by atoms with van der Waals surface area (Å²) in [6.45, 7) is 2.67. The standard InChI is InChI=1S/C17H20FN3O4/c1-2-25-15(23)14(22)20-9-7-17(8-10-20)16(24)19-11-21(17)13-5-3-12(18)4-6-13/h3-6H,2,7-11H2,1H3,(H,19,24). The lowest BCUT2D eigenvalue weighted by Gasteiger charge is -2.43. The second kappa shape index (κ2) is 6.70. The Morgan fingerprint density at radius 1 is 1.24 bits per heavy atom. The number of amides is 2. The van der Waals surface area contributed by atoms with Crippen LogP contribution in [0.3, 0.4) is 0 Å². The number of carbonyl (C=O) groups is 3. The van der Waals surface area contributed by atoms with Crippen molar-refractivity contribution in [3.05, 3.63) is 30.1 Å².